The van der Waals surface area contributed by atoms with Crippen molar-refractivity contribution in [2.45, 2.75) is 19.5 Å². The summed E-state index contributed by atoms with van der Waals surface area (Å²) in [7, 11) is 0. The van der Waals surface area contributed by atoms with Crippen LogP contribution in [-0.2, 0) is 17.9 Å². The molecule has 0 aromatic carbocycles. The van der Waals surface area contributed by atoms with E-state index in [2.05, 4.69) is 10.2 Å². The predicted molar refractivity (Wildman–Crippen MR) is 79.6 cm³/mol. The van der Waals surface area contributed by atoms with E-state index < -0.39 is 0 Å². The van der Waals surface area contributed by atoms with E-state index in [0.29, 0.717) is 30.7 Å². The van der Waals surface area contributed by atoms with Gasteiger partial charge in [0.15, 0.2) is 0 Å². The number of hydrogen-bond donors (Lipinski definition) is 1. The lowest BCUT2D eigenvalue weighted by Crippen LogP contribution is -2.27. The number of likely N-dealkylation sites (tertiary alicyclic amines) is 1. The van der Waals surface area contributed by atoms with E-state index >= 15 is 0 Å². The van der Waals surface area contributed by atoms with Crippen molar-refractivity contribution in [3.63, 3.8) is 0 Å². The summed E-state index contributed by atoms with van der Waals surface area (Å²) in [6.45, 7) is 3.65. The molecule has 4 rings (SSSR count). The number of amides is 1. The van der Waals surface area contributed by atoms with Crippen molar-refractivity contribution in [2.24, 2.45) is 17.8 Å². The molecule has 1 amide bonds. The maximum absolute atomic E-state index is 12.0. The van der Waals surface area contributed by atoms with E-state index in [-0.39, 0.29) is 5.91 Å². The fourth-order valence-corrected chi connectivity index (χ4v) is 3.69. The topological polar surface area (TPSA) is 58.6 Å². The summed E-state index contributed by atoms with van der Waals surface area (Å²) in [6.07, 6.45) is 5.80. The highest BCUT2D eigenvalue weighted by Crippen LogP contribution is 2.53. The van der Waals surface area contributed by atoms with E-state index in [1.54, 1.807) is 12.5 Å². The molecule has 22 heavy (non-hydrogen) atoms. The standard InChI is InChI=1S/C17H20N2O3/c20-17(18-7-13-2-1-4-22-13)6-14-15-9-19(10-16(14)15)8-12-3-5-21-11-12/h1-5,11,14-16H,6-10H2,(H,18,20)/t14?,15-,16+. The first-order chi connectivity index (χ1) is 10.8. The van der Waals surface area contributed by atoms with Gasteiger partial charge in [-0.3, -0.25) is 9.69 Å². The molecule has 5 heteroatoms. The molecule has 2 fully saturated rings. The molecule has 0 bridgehead atoms. The zero-order valence-corrected chi connectivity index (χ0v) is 12.4. The van der Waals surface area contributed by atoms with Gasteiger partial charge in [0.25, 0.3) is 0 Å². The Morgan fingerprint density at radius 3 is 2.82 bits per heavy atom. The molecular weight excluding hydrogens is 280 g/mol. The molecule has 1 saturated heterocycles. The molecule has 0 radical (unpaired) electrons. The smallest absolute Gasteiger partial charge is 0.220 e. The van der Waals surface area contributed by atoms with Gasteiger partial charge in [-0.2, -0.15) is 0 Å². The largest absolute Gasteiger partial charge is 0.472 e. The highest BCUT2D eigenvalue weighted by molar-refractivity contribution is 5.76. The van der Waals surface area contributed by atoms with Crippen LogP contribution < -0.4 is 5.32 Å². The lowest BCUT2D eigenvalue weighted by molar-refractivity contribution is -0.121. The van der Waals surface area contributed by atoms with E-state index in [1.165, 1.54) is 5.56 Å². The lowest BCUT2D eigenvalue weighted by Gasteiger charge is -2.18. The van der Waals surface area contributed by atoms with Crippen molar-refractivity contribution in [2.75, 3.05) is 13.1 Å². The Morgan fingerprint density at radius 1 is 1.27 bits per heavy atom. The first-order valence-electron chi connectivity index (χ1n) is 7.82. The SMILES string of the molecule is O=C(CC1[C@H]2CN(Cc3ccoc3)C[C@@H]12)NCc1ccco1. The molecule has 116 valence electrons. The summed E-state index contributed by atoms with van der Waals surface area (Å²) in [5, 5.41) is 2.93. The summed E-state index contributed by atoms with van der Waals surface area (Å²) < 4.78 is 10.3. The average Bonchev–Trinajstić information content (AvgIpc) is 3.07. The van der Waals surface area contributed by atoms with Gasteiger partial charge < -0.3 is 14.2 Å². The quantitative estimate of drug-likeness (QED) is 0.889. The van der Waals surface area contributed by atoms with Crippen molar-refractivity contribution in [3.05, 3.63) is 48.3 Å². The molecule has 2 aromatic rings. The van der Waals surface area contributed by atoms with Gasteiger partial charge in [0.05, 0.1) is 25.3 Å². The summed E-state index contributed by atoms with van der Waals surface area (Å²) in [6, 6.07) is 5.73. The Bertz CT molecular complexity index is 608. The molecule has 1 aliphatic heterocycles. The van der Waals surface area contributed by atoms with Crippen LogP contribution in [0.4, 0.5) is 0 Å². The second-order valence-electron chi connectivity index (χ2n) is 6.38. The van der Waals surface area contributed by atoms with Crippen molar-refractivity contribution < 1.29 is 13.6 Å². The summed E-state index contributed by atoms with van der Waals surface area (Å²) in [4.78, 5) is 14.4. The van der Waals surface area contributed by atoms with Gasteiger partial charge in [-0.15, -0.1) is 0 Å². The Balaban J connectivity index is 1.19. The molecule has 1 unspecified atom stereocenters. The van der Waals surface area contributed by atoms with Gasteiger partial charge >= 0.3 is 0 Å². The predicted octanol–water partition coefficient (Wildman–Crippen LogP) is 2.26. The number of hydrogen-bond acceptors (Lipinski definition) is 4. The minimum atomic E-state index is 0.136. The molecule has 1 saturated carbocycles. The first-order valence-corrected chi connectivity index (χ1v) is 7.82. The molecule has 0 spiro atoms. The van der Waals surface area contributed by atoms with Crippen molar-refractivity contribution in [1.29, 1.82) is 0 Å². The van der Waals surface area contributed by atoms with Gasteiger partial charge in [-0.25, -0.2) is 0 Å². The Kier molecular flexibility index (Phi) is 3.50. The van der Waals surface area contributed by atoms with Crippen LogP contribution >= 0.6 is 0 Å². The fourth-order valence-electron chi connectivity index (χ4n) is 3.69. The van der Waals surface area contributed by atoms with Crippen LogP contribution in [0, 0.1) is 17.8 Å². The second-order valence-corrected chi connectivity index (χ2v) is 6.38. The van der Waals surface area contributed by atoms with Crippen LogP contribution in [0.25, 0.3) is 0 Å². The van der Waals surface area contributed by atoms with Crippen LogP contribution in [0.2, 0.25) is 0 Å². The zero-order chi connectivity index (χ0) is 14.9. The third-order valence-electron chi connectivity index (χ3n) is 4.89. The number of fused-ring (bicyclic) bond motifs is 1. The van der Waals surface area contributed by atoms with Gasteiger partial charge in [0.2, 0.25) is 5.91 Å². The minimum absolute atomic E-state index is 0.136. The molecule has 1 aliphatic carbocycles. The Hall–Kier alpha value is -2.01. The summed E-state index contributed by atoms with van der Waals surface area (Å²) in [5.74, 6) is 2.90. The average molecular weight is 300 g/mol. The summed E-state index contributed by atoms with van der Waals surface area (Å²) >= 11 is 0. The molecule has 2 aliphatic rings. The number of piperidine rings is 1. The molecule has 5 nitrogen and oxygen atoms in total. The van der Waals surface area contributed by atoms with Crippen LogP contribution in [-0.4, -0.2) is 23.9 Å². The zero-order valence-electron chi connectivity index (χ0n) is 12.4. The fraction of sp³-hybridized carbons (Fsp3) is 0.471. The molecule has 3 atom stereocenters. The van der Waals surface area contributed by atoms with E-state index in [1.807, 2.05) is 24.5 Å². The molecule has 3 heterocycles. The van der Waals surface area contributed by atoms with Gasteiger partial charge in [0.1, 0.15) is 5.76 Å². The highest BCUT2D eigenvalue weighted by Gasteiger charge is 2.55. The highest BCUT2D eigenvalue weighted by atomic mass is 16.3. The summed E-state index contributed by atoms with van der Waals surface area (Å²) in [5.41, 5.74) is 1.23. The van der Waals surface area contributed by atoms with Crippen LogP contribution in [0.5, 0.6) is 0 Å². The van der Waals surface area contributed by atoms with Gasteiger partial charge in [-0.05, 0) is 36.0 Å². The van der Waals surface area contributed by atoms with E-state index in [9.17, 15) is 4.79 Å². The van der Waals surface area contributed by atoms with Crippen LogP contribution in [0.3, 0.4) is 0 Å². The van der Waals surface area contributed by atoms with E-state index in [0.717, 1.165) is 25.4 Å². The van der Waals surface area contributed by atoms with Crippen molar-refractivity contribution in [3.8, 4) is 0 Å². The molecule has 2 aromatic heterocycles. The van der Waals surface area contributed by atoms with Gasteiger partial charge in [-0.1, -0.05) is 0 Å². The van der Waals surface area contributed by atoms with E-state index in [4.69, 9.17) is 8.83 Å². The van der Waals surface area contributed by atoms with Gasteiger partial charge in [0, 0.05) is 31.6 Å². The number of furan rings is 2. The Labute approximate surface area is 129 Å². The molecular formula is C17H20N2O3. The van der Waals surface area contributed by atoms with Crippen LogP contribution in [0.1, 0.15) is 17.7 Å². The number of nitrogens with zero attached hydrogens (tertiary/aromatic N) is 1. The van der Waals surface area contributed by atoms with Crippen molar-refractivity contribution in [1.82, 2.24) is 10.2 Å². The number of rotatable bonds is 6. The first kappa shape index (κ1) is 13.6. The monoisotopic (exact) mass is 300 g/mol. The number of nitrogens with one attached hydrogen (secondary N) is 1. The maximum Gasteiger partial charge on any atom is 0.220 e. The third-order valence-corrected chi connectivity index (χ3v) is 4.89. The Morgan fingerprint density at radius 2 is 2.14 bits per heavy atom. The third kappa shape index (κ3) is 2.81. The minimum Gasteiger partial charge on any atom is -0.472 e. The number of carbonyl (C=O) groups excluding carboxylic acids is 1. The second kappa shape index (κ2) is 5.65. The van der Waals surface area contributed by atoms with Crippen LogP contribution in [0.15, 0.2) is 45.8 Å². The van der Waals surface area contributed by atoms with Crippen molar-refractivity contribution >= 4 is 5.91 Å². The lowest BCUT2D eigenvalue weighted by atomic mass is 10.1. The maximum atomic E-state index is 12.0. The number of carbonyl (C=O) groups is 1. The normalized spacial score (nSPS) is 26.8. The molecule has 1 N–H and O–H groups in total.